The zero-order valence-electron chi connectivity index (χ0n) is 11.4. The van der Waals surface area contributed by atoms with Gasteiger partial charge in [-0.3, -0.25) is 4.79 Å². The molecule has 19 heavy (non-hydrogen) atoms. The van der Waals surface area contributed by atoms with Gasteiger partial charge >= 0.3 is 0 Å². The number of carbonyl (C=O) groups excluding carboxylic acids is 1. The maximum absolute atomic E-state index is 11.3. The number of hydrogen-bond acceptors (Lipinski definition) is 3. The van der Waals surface area contributed by atoms with Crippen molar-refractivity contribution in [1.29, 1.82) is 0 Å². The lowest BCUT2D eigenvalue weighted by Gasteiger charge is -2.20. The van der Waals surface area contributed by atoms with Crippen molar-refractivity contribution in [2.75, 3.05) is 30.8 Å². The van der Waals surface area contributed by atoms with Crippen LogP contribution in [0.4, 0.5) is 11.4 Å². The van der Waals surface area contributed by atoms with Crippen LogP contribution in [-0.4, -0.2) is 26.0 Å². The molecule has 1 amide bonds. The Labute approximate surface area is 114 Å². The van der Waals surface area contributed by atoms with Crippen molar-refractivity contribution < 1.29 is 4.79 Å². The van der Waals surface area contributed by atoms with E-state index in [0.29, 0.717) is 11.8 Å². The summed E-state index contributed by atoms with van der Waals surface area (Å²) in [6.07, 6.45) is 4.06. The van der Waals surface area contributed by atoms with E-state index in [-0.39, 0.29) is 5.91 Å². The van der Waals surface area contributed by atoms with Crippen molar-refractivity contribution in [3.05, 3.63) is 23.8 Å². The van der Waals surface area contributed by atoms with Gasteiger partial charge in [0.1, 0.15) is 0 Å². The minimum absolute atomic E-state index is 0.124. The van der Waals surface area contributed by atoms with Gasteiger partial charge in [0.2, 0.25) is 5.91 Å². The topological polar surface area (TPSA) is 53.2 Å². The summed E-state index contributed by atoms with van der Waals surface area (Å²) >= 11 is 0. The van der Waals surface area contributed by atoms with Gasteiger partial charge in [0.15, 0.2) is 0 Å². The monoisotopic (exact) mass is 259 g/mol. The molecule has 0 aromatic heterocycles. The molecule has 1 heterocycles. The summed E-state index contributed by atoms with van der Waals surface area (Å²) in [4.78, 5) is 11.3. The van der Waals surface area contributed by atoms with E-state index in [1.165, 1.54) is 18.4 Å². The predicted octanol–water partition coefficient (Wildman–Crippen LogP) is 1.98. The highest BCUT2D eigenvalue weighted by Gasteiger charge is 2.41. The van der Waals surface area contributed by atoms with Crippen LogP contribution in [0.1, 0.15) is 24.8 Å². The standard InChI is InChI=1S/C15H21N3O/c1-16-9-15(6-7-15)10-17-12-3-4-13-11(8-12)2-5-14(19)18-13/h3-4,8,16-17H,2,5-7,9-10H2,1H3,(H,18,19). The Hall–Kier alpha value is -1.55. The zero-order valence-corrected chi connectivity index (χ0v) is 11.4. The Morgan fingerprint density at radius 1 is 1.26 bits per heavy atom. The van der Waals surface area contributed by atoms with E-state index in [1.54, 1.807) is 0 Å². The first-order chi connectivity index (χ1) is 9.21. The highest BCUT2D eigenvalue weighted by atomic mass is 16.1. The molecule has 1 aliphatic heterocycles. The molecule has 0 saturated heterocycles. The smallest absolute Gasteiger partial charge is 0.224 e. The molecule has 1 aliphatic carbocycles. The third-order valence-corrected chi connectivity index (χ3v) is 4.18. The molecule has 0 unspecified atom stereocenters. The Bertz CT molecular complexity index is 494. The van der Waals surface area contributed by atoms with Crippen molar-refractivity contribution in [2.24, 2.45) is 5.41 Å². The van der Waals surface area contributed by atoms with Crippen LogP contribution < -0.4 is 16.0 Å². The van der Waals surface area contributed by atoms with E-state index >= 15 is 0 Å². The lowest BCUT2D eigenvalue weighted by Crippen LogP contribution is -2.27. The van der Waals surface area contributed by atoms with E-state index in [0.717, 1.165) is 30.9 Å². The van der Waals surface area contributed by atoms with Gasteiger partial charge in [0.05, 0.1) is 0 Å². The highest BCUT2D eigenvalue weighted by molar-refractivity contribution is 5.94. The molecule has 3 N–H and O–H groups in total. The summed E-state index contributed by atoms with van der Waals surface area (Å²) in [6, 6.07) is 6.23. The second-order valence-electron chi connectivity index (χ2n) is 5.80. The minimum Gasteiger partial charge on any atom is -0.384 e. The Morgan fingerprint density at radius 2 is 2.11 bits per heavy atom. The quantitative estimate of drug-likeness (QED) is 0.758. The van der Waals surface area contributed by atoms with Gasteiger partial charge in [-0.25, -0.2) is 0 Å². The number of nitrogens with one attached hydrogen (secondary N) is 3. The second-order valence-corrected chi connectivity index (χ2v) is 5.80. The molecule has 0 radical (unpaired) electrons. The molecule has 1 fully saturated rings. The van der Waals surface area contributed by atoms with E-state index in [2.05, 4.69) is 28.1 Å². The molecule has 0 spiro atoms. The molecule has 3 rings (SSSR count). The molecule has 0 bridgehead atoms. The van der Waals surface area contributed by atoms with Crippen molar-refractivity contribution in [3.8, 4) is 0 Å². The maximum Gasteiger partial charge on any atom is 0.224 e. The molecule has 1 aromatic carbocycles. The van der Waals surface area contributed by atoms with Crippen LogP contribution in [-0.2, 0) is 11.2 Å². The largest absolute Gasteiger partial charge is 0.384 e. The molecule has 1 aromatic rings. The number of aryl methyl sites for hydroxylation is 1. The van der Waals surface area contributed by atoms with Crippen LogP contribution >= 0.6 is 0 Å². The lowest BCUT2D eigenvalue weighted by molar-refractivity contribution is -0.116. The van der Waals surface area contributed by atoms with Gasteiger partial charge < -0.3 is 16.0 Å². The SMILES string of the molecule is CNCC1(CNc2ccc3c(c2)CCC(=O)N3)CC1. The normalized spacial score (nSPS) is 19.5. The Kier molecular flexibility index (Phi) is 3.19. The van der Waals surface area contributed by atoms with Crippen LogP contribution in [0.3, 0.4) is 0 Å². The second kappa shape index (κ2) is 4.85. The Morgan fingerprint density at radius 3 is 2.84 bits per heavy atom. The lowest BCUT2D eigenvalue weighted by atomic mass is 10.0. The van der Waals surface area contributed by atoms with Crippen molar-refractivity contribution >= 4 is 17.3 Å². The third kappa shape index (κ3) is 2.73. The van der Waals surface area contributed by atoms with Crippen LogP contribution in [0.25, 0.3) is 0 Å². The zero-order chi connectivity index (χ0) is 13.3. The fourth-order valence-corrected chi connectivity index (χ4v) is 2.75. The molecule has 4 heteroatoms. The van der Waals surface area contributed by atoms with Crippen molar-refractivity contribution in [2.45, 2.75) is 25.7 Å². The third-order valence-electron chi connectivity index (χ3n) is 4.18. The van der Waals surface area contributed by atoms with Crippen LogP contribution in [0, 0.1) is 5.41 Å². The first-order valence-corrected chi connectivity index (χ1v) is 7.02. The number of amides is 1. The van der Waals surface area contributed by atoms with Gasteiger partial charge in [0.25, 0.3) is 0 Å². The molecule has 102 valence electrons. The number of anilines is 2. The number of benzene rings is 1. The fraction of sp³-hybridized carbons (Fsp3) is 0.533. The summed E-state index contributed by atoms with van der Waals surface area (Å²) in [7, 11) is 2.02. The molecular weight excluding hydrogens is 238 g/mol. The van der Waals surface area contributed by atoms with Gasteiger partial charge in [-0.2, -0.15) is 0 Å². The molecule has 2 aliphatic rings. The predicted molar refractivity (Wildman–Crippen MR) is 77.5 cm³/mol. The molecule has 1 saturated carbocycles. The highest BCUT2D eigenvalue weighted by Crippen LogP contribution is 2.45. The first-order valence-electron chi connectivity index (χ1n) is 7.02. The van der Waals surface area contributed by atoms with Crippen LogP contribution in [0.2, 0.25) is 0 Å². The maximum atomic E-state index is 11.3. The van der Waals surface area contributed by atoms with E-state index in [9.17, 15) is 4.79 Å². The van der Waals surface area contributed by atoms with Crippen LogP contribution in [0.15, 0.2) is 18.2 Å². The van der Waals surface area contributed by atoms with Gasteiger partial charge in [0, 0.05) is 36.3 Å². The summed E-state index contributed by atoms with van der Waals surface area (Å²) in [5.74, 6) is 0.124. The number of carbonyl (C=O) groups is 1. The molecule has 0 atom stereocenters. The van der Waals surface area contributed by atoms with E-state index in [4.69, 9.17) is 0 Å². The first kappa shape index (κ1) is 12.5. The average molecular weight is 259 g/mol. The fourth-order valence-electron chi connectivity index (χ4n) is 2.75. The van der Waals surface area contributed by atoms with E-state index in [1.807, 2.05) is 13.1 Å². The van der Waals surface area contributed by atoms with Crippen LogP contribution in [0.5, 0.6) is 0 Å². The van der Waals surface area contributed by atoms with Gasteiger partial charge in [-0.1, -0.05) is 0 Å². The van der Waals surface area contributed by atoms with E-state index < -0.39 is 0 Å². The summed E-state index contributed by atoms with van der Waals surface area (Å²) < 4.78 is 0. The number of hydrogen-bond donors (Lipinski definition) is 3. The molecular formula is C15H21N3O. The summed E-state index contributed by atoms with van der Waals surface area (Å²) in [5.41, 5.74) is 3.83. The van der Waals surface area contributed by atoms with Gasteiger partial charge in [-0.15, -0.1) is 0 Å². The molecule has 4 nitrogen and oxygen atoms in total. The number of rotatable bonds is 5. The minimum atomic E-state index is 0.124. The summed E-state index contributed by atoms with van der Waals surface area (Å²) in [6.45, 7) is 2.11. The summed E-state index contributed by atoms with van der Waals surface area (Å²) in [5, 5.41) is 9.73. The average Bonchev–Trinajstić information content (AvgIpc) is 3.17. The van der Waals surface area contributed by atoms with Gasteiger partial charge in [-0.05, 0) is 50.1 Å². The van der Waals surface area contributed by atoms with Crippen molar-refractivity contribution in [3.63, 3.8) is 0 Å². The van der Waals surface area contributed by atoms with Crippen molar-refractivity contribution in [1.82, 2.24) is 5.32 Å². The Balaban J connectivity index is 1.64. The number of fused-ring (bicyclic) bond motifs is 1.